The number of non-ortho nitro benzene ring substituents is 1. The number of nitro benzene ring substituents is 1. The molecule has 0 unspecified atom stereocenters. The number of benzene rings is 2. The molecule has 6 nitrogen and oxygen atoms in total. The zero-order chi connectivity index (χ0) is 18.4. The summed E-state index contributed by atoms with van der Waals surface area (Å²) in [5, 5.41) is 10.7. The second-order valence-electron chi connectivity index (χ2n) is 4.96. The van der Waals surface area contributed by atoms with Gasteiger partial charge < -0.3 is 9.47 Å². The molecule has 0 saturated carbocycles. The van der Waals surface area contributed by atoms with Crippen LogP contribution in [0.15, 0.2) is 48.5 Å². The van der Waals surface area contributed by atoms with Crippen LogP contribution >= 0.6 is 0 Å². The number of halogens is 3. The lowest BCUT2D eigenvalue weighted by atomic mass is 10.1. The van der Waals surface area contributed by atoms with Gasteiger partial charge in [-0.05, 0) is 23.3 Å². The van der Waals surface area contributed by atoms with E-state index in [1.54, 1.807) is 6.07 Å². The van der Waals surface area contributed by atoms with E-state index in [1.807, 2.05) is 0 Å². The maximum absolute atomic E-state index is 12.1. The van der Waals surface area contributed by atoms with Gasteiger partial charge in [0.05, 0.1) is 11.3 Å². The molecule has 0 aromatic heterocycles. The standard InChI is InChI=1S/C16H12F3NO5/c17-16(18,19)25-14-6-4-11(5-7-14)9-15(21)24-10-12-2-1-3-13(8-12)20(22)23/h1-8H,9-10H2. The summed E-state index contributed by atoms with van der Waals surface area (Å²) in [6, 6.07) is 10.5. The normalized spacial score (nSPS) is 11.0. The van der Waals surface area contributed by atoms with Crippen molar-refractivity contribution in [2.45, 2.75) is 19.4 Å². The molecule has 0 heterocycles. The summed E-state index contributed by atoms with van der Waals surface area (Å²) >= 11 is 0. The predicted molar refractivity (Wildman–Crippen MR) is 79.7 cm³/mol. The highest BCUT2D eigenvalue weighted by Crippen LogP contribution is 2.23. The highest BCUT2D eigenvalue weighted by molar-refractivity contribution is 5.72. The van der Waals surface area contributed by atoms with Gasteiger partial charge in [0.15, 0.2) is 0 Å². The maximum Gasteiger partial charge on any atom is 0.573 e. The summed E-state index contributed by atoms with van der Waals surface area (Å²) in [7, 11) is 0. The highest BCUT2D eigenvalue weighted by Gasteiger charge is 2.30. The third-order valence-electron chi connectivity index (χ3n) is 3.03. The highest BCUT2D eigenvalue weighted by atomic mass is 19.4. The minimum Gasteiger partial charge on any atom is -0.461 e. The van der Waals surface area contributed by atoms with Crippen molar-refractivity contribution in [3.05, 3.63) is 69.8 Å². The van der Waals surface area contributed by atoms with Crippen LogP contribution in [0.25, 0.3) is 0 Å². The van der Waals surface area contributed by atoms with E-state index in [1.165, 1.54) is 30.3 Å². The number of hydrogen-bond donors (Lipinski definition) is 0. The fraction of sp³-hybridized carbons (Fsp3) is 0.188. The SMILES string of the molecule is O=C(Cc1ccc(OC(F)(F)F)cc1)OCc1cccc([N+](=O)[O-])c1. The number of ether oxygens (including phenoxy) is 2. The zero-order valence-electron chi connectivity index (χ0n) is 12.7. The summed E-state index contributed by atoms with van der Waals surface area (Å²) in [5.74, 6) is -1.00. The second-order valence-corrected chi connectivity index (χ2v) is 4.96. The summed E-state index contributed by atoms with van der Waals surface area (Å²) in [5.41, 5.74) is 0.781. The van der Waals surface area contributed by atoms with Gasteiger partial charge in [0.1, 0.15) is 12.4 Å². The molecular weight excluding hydrogens is 343 g/mol. The first kappa shape index (κ1) is 18.2. The van der Waals surface area contributed by atoms with Crippen LogP contribution in [0.1, 0.15) is 11.1 Å². The fourth-order valence-electron chi connectivity index (χ4n) is 1.95. The van der Waals surface area contributed by atoms with Crippen LogP contribution in [-0.2, 0) is 22.6 Å². The molecule has 0 aliphatic heterocycles. The van der Waals surface area contributed by atoms with E-state index in [9.17, 15) is 28.1 Å². The summed E-state index contributed by atoms with van der Waals surface area (Å²) in [6.07, 6.45) is -4.93. The zero-order valence-corrected chi connectivity index (χ0v) is 12.7. The first-order valence-electron chi connectivity index (χ1n) is 6.96. The lowest BCUT2D eigenvalue weighted by molar-refractivity contribution is -0.384. The molecule has 132 valence electrons. The number of nitrogens with zero attached hydrogens (tertiary/aromatic N) is 1. The maximum atomic E-state index is 12.1. The molecule has 2 aromatic rings. The van der Waals surface area contributed by atoms with Crippen LogP contribution in [0.5, 0.6) is 5.75 Å². The Morgan fingerprint density at radius 3 is 2.36 bits per heavy atom. The molecule has 2 aromatic carbocycles. The Balaban J connectivity index is 1.88. The average Bonchev–Trinajstić information content (AvgIpc) is 2.54. The largest absolute Gasteiger partial charge is 0.573 e. The first-order chi connectivity index (χ1) is 11.7. The lowest BCUT2D eigenvalue weighted by Gasteiger charge is -2.09. The first-order valence-corrected chi connectivity index (χ1v) is 6.96. The van der Waals surface area contributed by atoms with Gasteiger partial charge in [0, 0.05) is 12.1 Å². The summed E-state index contributed by atoms with van der Waals surface area (Å²) in [6.45, 7) is -0.143. The molecule has 0 aliphatic carbocycles. The van der Waals surface area contributed by atoms with Crippen molar-refractivity contribution in [1.82, 2.24) is 0 Å². The van der Waals surface area contributed by atoms with Crippen molar-refractivity contribution in [3.63, 3.8) is 0 Å². The lowest BCUT2D eigenvalue weighted by Crippen LogP contribution is -2.17. The molecule has 2 rings (SSSR count). The molecule has 0 fully saturated rings. The molecule has 9 heteroatoms. The molecular formula is C16H12F3NO5. The number of alkyl halides is 3. The van der Waals surface area contributed by atoms with Crippen LogP contribution in [0.3, 0.4) is 0 Å². The van der Waals surface area contributed by atoms with Crippen molar-refractivity contribution in [3.8, 4) is 5.75 Å². The smallest absolute Gasteiger partial charge is 0.461 e. The van der Waals surface area contributed by atoms with Crippen molar-refractivity contribution >= 4 is 11.7 Å². The number of carbonyl (C=O) groups is 1. The van der Waals surface area contributed by atoms with Gasteiger partial charge in [0.2, 0.25) is 0 Å². The van der Waals surface area contributed by atoms with Gasteiger partial charge >= 0.3 is 12.3 Å². The third-order valence-corrected chi connectivity index (χ3v) is 3.03. The van der Waals surface area contributed by atoms with E-state index in [2.05, 4.69) is 4.74 Å². The molecule has 25 heavy (non-hydrogen) atoms. The van der Waals surface area contributed by atoms with Crippen molar-refractivity contribution in [1.29, 1.82) is 0 Å². The van der Waals surface area contributed by atoms with E-state index in [-0.39, 0.29) is 24.5 Å². The van der Waals surface area contributed by atoms with E-state index in [4.69, 9.17) is 4.74 Å². The molecule has 0 saturated heterocycles. The van der Waals surface area contributed by atoms with Gasteiger partial charge in [-0.25, -0.2) is 0 Å². The van der Waals surface area contributed by atoms with Crippen LogP contribution in [0.4, 0.5) is 18.9 Å². The monoisotopic (exact) mass is 355 g/mol. The van der Waals surface area contributed by atoms with Crippen LogP contribution in [0.2, 0.25) is 0 Å². The number of nitro groups is 1. The molecule has 0 bridgehead atoms. The van der Waals surface area contributed by atoms with E-state index in [0.717, 1.165) is 12.1 Å². The fourth-order valence-corrected chi connectivity index (χ4v) is 1.95. The predicted octanol–water partition coefficient (Wildman–Crippen LogP) is 3.78. The molecule has 0 amide bonds. The minimum atomic E-state index is -4.78. The summed E-state index contributed by atoms with van der Waals surface area (Å²) < 4.78 is 44.9. The number of rotatable bonds is 6. The van der Waals surface area contributed by atoms with Gasteiger partial charge in [0.25, 0.3) is 5.69 Å². The molecule has 0 atom stereocenters. The molecule has 0 aliphatic rings. The Kier molecular flexibility index (Phi) is 5.58. The van der Waals surface area contributed by atoms with Crippen molar-refractivity contribution < 1.29 is 32.4 Å². The van der Waals surface area contributed by atoms with E-state index >= 15 is 0 Å². The molecule has 0 radical (unpaired) electrons. The molecule has 0 spiro atoms. The number of esters is 1. The average molecular weight is 355 g/mol. The van der Waals surface area contributed by atoms with E-state index < -0.39 is 17.3 Å². The Bertz CT molecular complexity index is 759. The van der Waals surface area contributed by atoms with E-state index in [0.29, 0.717) is 11.1 Å². The third kappa shape index (κ3) is 6.13. The molecule has 0 N–H and O–H groups in total. The van der Waals surface area contributed by atoms with Crippen LogP contribution < -0.4 is 4.74 Å². The Morgan fingerprint density at radius 2 is 1.76 bits per heavy atom. The van der Waals surface area contributed by atoms with Crippen LogP contribution in [0, 0.1) is 10.1 Å². The van der Waals surface area contributed by atoms with Crippen molar-refractivity contribution in [2.24, 2.45) is 0 Å². The summed E-state index contributed by atoms with van der Waals surface area (Å²) in [4.78, 5) is 21.9. The van der Waals surface area contributed by atoms with Gasteiger partial charge in [-0.3, -0.25) is 14.9 Å². The van der Waals surface area contributed by atoms with Gasteiger partial charge in [-0.2, -0.15) is 0 Å². The number of hydrogen-bond acceptors (Lipinski definition) is 5. The quantitative estimate of drug-likeness (QED) is 0.448. The van der Waals surface area contributed by atoms with Gasteiger partial charge in [-0.15, -0.1) is 13.2 Å². The van der Waals surface area contributed by atoms with Crippen molar-refractivity contribution in [2.75, 3.05) is 0 Å². The van der Waals surface area contributed by atoms with Gasteiger partial charge in [-0.1, -0.05) is 24.3 Å². The Hall–Kier alpha value is -3.10. The topological polar surface area (TPSA) is 78.7 Å². The minimum absolute atomic E-state index is 0.117. The second kappa shape index (κ2) is 7.65. The van der Waals surface area contributed by atoms with Crippen LogP contribution in [-0.4, -0.2) is 17.3 Å². The number of carbonyl (C=O) groups excluding carboxylic acids is 1. The Morgan fingerprint density at radius 1 is 1.08 bits per heavy atom. The Labute approximate surface area is 139 Å².